The van der Waals surface area contributed by atoms with E-state index in [4.69, 9.17) is 0 Å². The van der Waals surface area contributed by atoms with Gasteiger partial charge in [0.1, 0.15) is 11.0 Å². The molecule has 3 aromatic rings. The van der Waals surface area contributed by atoms with Gasteiger partial charge in [0.05, 0.1) is 4.90 Å². The van der Waals surface area contributed by atoms with Crippen LogP contribution in [0.15, 0.2) is 76.5 Å². The summed E-state index contributed by atoms with van der Waals surface area (Å²) >= 11 is 1.58. The molecule has 3 aromatic carbocycles. The van der Waals surface area contributed by atoms with E-state index in [0.717, 1.165) is 9.79 Å². The van der Waals surface area contributed by atoms with Crippen LogP contribution in [0.4, 0.5) is 0 Å². The molecule has 1 aliphatic rings. The normalized spacial score (nSPS) is 18.0. The van der Waals surface area contributed by atoms with Gasteiger partial charge < -0.3 is 0 Å². The van der Waals surface area contributed by atoms with E-state index in [0.29, 0.717) is 6.54 Å². The lowest BCUT2D eigenvalue weighted by Crippen LogP contribution is -2.13. The van der Waals surface area contributed by atoms with E-state index in [9.17, 15) is 4.21 Å². The number of fused-ring (bicyclic) bond motifs is 2. The summed E-state index contributed by atoms with van der Waals surface area (Å²) in [5, 5.41) is 2.46. The summed E-state index contributed by atoms with van der Waals surface area (Å²) < 4.78 is 14.4. The topological polar surface area (TPSA) is 20.3 Å². The predicted octanol–water partition coefficient (Wildman–Crippen LogP) is 4.39. The lowest BCUT2D eigenvalue weighted by atomic mass is 10.1. The second kappa shape index (κ2) is 5.30. The molecule has 0 N–H and O–H groups in total. The first-order valence-electron chi connectivity index (χ1n) is 6.75. The lowest BCUT2D eigenvalue weighted by Gasteiger charge is -2.12. The van der Waals surface area contributed by atoms with Gasteiger partial charge in [0, 0.05) is 11.4 Å². The molecule has 0 aliphatic carbocycles. The second-order valence-corrected chi connectivity index (χ2v) is 7.63. The van der Waals surface area contributed by atoms with Crippen molar-refractivity contribution in [3.05, 3.63) is 72.3 Å². The molecule has 4 heteroatoms. The van der Waals surface area contributed by atoms with Crippen molar-refractivity contribution in [2.45, 2.75) is 16.3 Å². The number of nitrogens with zero attached hydrogens (tertiary/aromatic N) is 1. The third-order valence-electron chi connectivity index (χ3n) is 3.55. The fraction of sp³-hybridized carbons (Fsp3) is 0.0588. The second-order valence-electron chi connectivity index (χ2n) is 4.96. The summed E-state index contributed by atoms with van der Waals surface area (Å²) in [5.41, 5.74) is 1.18. The Kier molecular flexibility index (Phi) is 3.30. The van der Waals surface area contributed by atoms with Gasteiger partial charge in [-0.15, -0.1) is 0 Å². The third kappa shape index (κ3) is 2.39. The molecule has 0 saturated carbocycles. The summed E-state index contributed by atoms with van der Waals surface area (Å²) in [6.45, 7) is 0.677. The molecule has 104 valence electrons. The van der Waals surface area contributed by atoms with Crippen molar-refractivity contribution < 1.29 is 4.21 Å². The zero-order chi connectivity index (χ0) is 14.2. The van der Waals surface area contributed by atoms with Crippen molar-refractivity contribution >= 4 is 33.7 Å². The maximum atomic E-state index is 12.5. The van der Waals surface area contributed by atoms with Crippen LogP contribution >= 0.6 is 11.9 Å². The average Bonchev–Trinajstić information content (AvgIpc) is 2.84. The minimum Gasteiger partial charge on any atom is -0.236 e. The quantitative estimate of drug-likeness (QED) is 0.654. The smallest absolute Gasteiger partial charge is 0.139 e. The number of hydrogen-bond donors (Lipinski definition) is 0. The van der Waals surface area contributed by atoms with Crippen molar-refractivity contribution in [1.29, 1.82) is 0 Å². The molecule has 1 heterocycles. The largest absolute Gasteiger partial charge is 0.236 e. The first-order chi connectivity index (χ1) is 10.3. The van der Waals surface area contributed by atoms with Crippen molar-refractivity contribution in [3.8, 4) is 0 Å². The van der Waals surface area contributed by atoms with Crippen molar-refractivity contribution in [1.82, 2.24) is 3.71 Å². The Balaban J connectivity index is 1.63. The van der Waals surface area contributed by atoms with Crippen LogP contribution < -0.4 is 0 Å². The van der Waals surface area contributed by atoms with E-state index in [1.165, 1.54) is 16.3 Å². The van der Waals surface area contributed by atoms with E-state index >= 15 is 0 Å². The molecule has 1 aliphatic heterocycles. The number of benzene rings is 3. The Morgan fingerprint density at radius 1 is 0.905 bits per heavy atom. The maximum Gasteiger partial charge on any atom is 0.139 e. The van der Waals surface area contributed by atoms with Crippen molar-refractivity contribution in [3.63, 3.8) is 0 Å². The minimum absolute atomic E-state index is 0.677. The van der Waals surface area contributed by atoms with Crippen LogP contribution in [0.1, 0.15) is 5.56 Å². The van der Waals surface area contributed by atoms with Gasteiger partial charge in [-0.1, -0.05) is 48.5 Å². The van der Waals surface area contributed by atoms with E-state index in [1.54, 1.807) is 11.9 Å². The highest BCUT2D eigenvalue weighted by molar-refractivity contribution is 8.08. The van der Waals surface area contributed by atoms with Gasteiger partial charge in [-0.05, 0) is 46.5 Å². The third-order valence-corrected chi connectivity index (χ3v) is 6.42. The highest BCUT2D eigenvalue weighted by atomic mass is 32.2. The van der Waals surface area contributed by atoms with Crippen LogP contribution in [0, 0.1) is 0 Å². The molecule has 4 rings (SSSR count). The van der Waals surface area contributed by atoms with E-state index < -0.39 is 11.0 Å². The maximum absolute atomic E-state index is 12.5. The molecule has 0 saturated heterocycles. The molecular formula is C17H13NOS2. The molecule has 0 bridgehead atoms. The van der Waals surface area contributed by atoms with Gasteiger partial charge in [0.15, 0.2) is 0 Å². The van der Waals surface area contributed by atoms with Crippen LogP contribution in [0.25, 0.3) is 10.8 Å². The van der Waals surface area contributed by atoms with Gasteiger partial charge in [0.2, 0.25) is 0 Å². The Hall–Kier alpha value is -1.62. The summed E-state index contributed by atoms with van der Waals surface area (Å²) in [6.07, 6.45) is 0. The Morgan fingerprint density at radius 2 is 1.67 bits per heavy atom. The summed E-state index contributed by atoms with van der Waals surface area (Å²) in [4.78, 5) is 2.01. The zero-order valence-corrected chi connectivity index (χ0v) is 12.9. The molecule has 0 amide bonds. The van der Waals surface area contributed by atoms with Gasteiger partial charge in [-0.2, -0.15) is 3.71 Å². The summed E-state index contributed by atoms with van der Waals surface area (Å²) in [6, 6.07) is 22.6. The Morgan fingerprint density at radius 3 is 2.52 bits per heavy atom. The molecule has 0 spiro atoms. The predicted molar refractivity (Wildman–Crippen MR) is 88.2 cm³/mol. The van der Waals surface area contributed by atoms with Gasteiger partial charge in [-0.25, -0.2) is 4.21 Å². The van der Waals surface area contributed by atoms with Crippen LogP contribution in [0.2, 0.25) is 0 Å². The molecule has 0 fully saturated rings. The Bertz CT molecular complexity index is 847. The minimum atomic E-state index is -1.07. The number of hydrogen-bond acceptors (Lipinski definition) is 2. The standard InChI is InChI=1S/C17H13NOS2/c19-21-17-8-4-3-7-16(17)20-18(21)12-13-9-10-14-5-1-2-6-15(14)11-13/h1-11H,12H2/t21-/m0/s1. The summed E-state index contributed by atoms with van der Waals surface area (Å²) in [5.74, 6) is 0. The van der Waals surface area contributed by atoms with Crippen molar-refractivity contribution in [2.75, 3.05) is 0 Å². The SMILES string of the molecule is O=[S@]1c2ccccc2SN1Cc1ccc2ccccc2c1. The summed E-state index contributed by atoms with van der Waals surface area (Å²) in [7, 11) is -1.07. The van der Waals surface area contributed by atoms with Gasteiger partial charge in [-0.3, -0.25) is 0 Å². The van der Waals surface area contributed by atoms with Crippen LogP contribution in [0.3, 0.4) is 0 Å². The Labute approximate surface area is 130 Å². The fourth-order valence-corrected chi connectivity index (χ4v) is 5.23. The molecule has 21 heavy (non-hydrogen) atoms. The number of rotatable bonds is 2. The molecule has 0 radical (unpaired) electrons. The zero-order valence-electron chi connectivity index (χ0n) is 11.2. The van der Waals surface area contributed by atoms with E-state index in [1.807, 2.05) is 40.1 Å². The van der Waals surface area contributed by atoms with Gasteiger partial charge >= 0.3 is 0 Å². The van der Waals surface area contributed by atoms with E-state index in [-0.39, 0.29) is 0 Å². The molecule has 2 nitrogen and oxygen atoms in total. The molecule has 0 unspecified atom stereocenters. The van der Waals surface area contributed by atoms with Gasteiger partial charge in [0.25, 0.3) is 0 Å². The first kappa shape index (κ1) is 13.1. The monoisotopic (exact) mass is 311 g/mol. The molecule has 1 atom stereocenters. The highest BCUT2D eigenvalue weighted by Crippen LogP contribution is 2.40. The first-order valence-corrected chi connectivity index (χ1v) is 8.63. The highest BCUT2D eigenvalue weighted by Gasteiger charge is 2.27. The molecular weight excluding hydrogens is 298 g/mol. The van der Waals surface area contributed by atoms with E-state index in [2.05, 4.69) is 30.3 Å². The fourth-order valence-electron chi connectivity index (χ4n) is 2.50. The lowest BCUT2D eigenvalue weighted by molar-refractivity contribution is 0.632. The van der Waals surface area contributed by atoms with Crippen LogP contribution in [0.5, 0.6) is 0 Å². The van der Waals surface area contributed by atoms with Crippen molar-refractivity contribution in [2.24, 2.45) is 0 Å². The van der Waals surface area contributed by atoms with Crippen LogP contribution in [-0.2, 0) is 17.5 Å². The molecule has 0 aromatic heterocycles. The average molecular weight is 311 g/mol. The van der Waals surface area contributed by atoms with Crippen LogP contribution in [-0.4, -0.2) is 7.92 Å².